The van der Waals surface area contributed by atoms with Crippen molar-refractivity contribution in [1.82, 2.24) is 4.90 Å². The van der Waals surface area contributed by atoms with Gasteiger partial charge < -0.3 is 19.3 Å². The third kappa shape index (κ3) is 5.85. The Morgan fingerprint density at radius 3 is 2.42 bits per heavy atom. The molecular weight excluding hydrogens is 394 g/mol. The van der Waals surface area contributed by atoms with E-state index < -0.39 is 18.4 Å². The number of benzene rings is 2. The standard InChI is InChI=1S/C25H33NO5/c1-4-30-25(28)26-22(21-13-9-6-10-14-21)17-31-24(26)19(3)23(27)18(2)15-29-16-20-11-7-5-8-12-20/h5-14,18-19,22-24,27H,4,15-17H2,1-3H3/t18-,19-,22-,23-,24+/m0/s1. The molecule has 1 aliphatic heterocycles. The van der Waals surface area contributed by atoms with Crippen molar-refractivity contribution in [3.05, 3.63) is 71.8 Å². The lowest BCUT2D eigenvalue weighted by Crippen LogP contribution is -2.46. The van der Waals surface area contributed by atoms with Crippen LogP contribution in [0.2, 0.25) is 0 Å². The van der Waals surface area contributed by atoms with Crippen LogP contribution in [0.5, 0.6) is 0 Å². The van der Waals surface area contributed by atoms with Crippen molar-refractivity contribution < 1.29 is 24.1 Å². The largest absolute Gasteiger partial charge is 0.450 e. The van der Waals surface area contributed by atoms with Crippen molar-refractivity contribution in [2.75, 3.05) is 19.8 Å². The van der Waals surface area contributed by atoms with Crippen LogP contribution in [0.15, 0.2) is 60.7 Å². The summed E-state index contributed by atoms with van der Waals surface area (Å²) in [5, 5.41) is 11.0. The Morgan fingerprint density at radius 1 is 1.13 bits per heavy atom. The molecule has 168 valence electrons. The van der Waals surface area contributed by atoms with Crippen LogP contribution in [-0.2, 0) is 20.8 Å². The summed E-state index contributed by atoms with van der Waals surface area (Å²) >= 11 is 0. The predicted octanol–water partition coefficient (Wildman–Crippen LogP) is 4.39. The molecule has 1 heterocycles. The smallest absolute Gasteiger partial charge is 0.412 e. The van der Waals surface area contributed by atoms with Crippen LogP contribution >= 0.6 is 0 Å². The lowest BCUT2D eigenvalue weighted by molar-refractivity contribution is -0.0766. The number of amides is 1. The summed E-state index contributed by atoms with van der Waals surface area (Å²) < 4.78 is 17.2. The normalized spacial score (nSPS) is 21.5. The lowest BCUT2D eigenvalue weighted by Gasteiger charge is -2.34. The van der Waals surface area contributed by atoms with Crippen LogP contribution in [0.25, 0.3) is 0 Å². The molecule has 2 aromatic rings. The molecule has 0 radical (unpaired) electrons. The van der Waals surface area contributed by atoms with Gasteiger partial charge in [-0.05, 0) is 18.1 Å². The number of carbonyl (C=O) groups excluding carboxylic acids is 1. The van der Waals surface area contributed by atoms with Gasteiger partial charge in [0.15, 0.2) is 0 Å². The highest BCUT2D eigenvalue weighted by Crippen LogP contribution is 2.36. The van der Waals surface area contributed by atoms with Crippen molar-refractivity contribution in [3.63, 3.8) is 0 Å². The number of aliphatic hydroxyl groups excluding tert-OH is 1. The maximum Gasteiger partial charge on any atom is 0.412 e. The zero-order valence-electron chi connectivity index (χ0n) is 18.5. The first kappa shape index (κ1) is 23.3. The Morgan fingerprint density at radius 2 is 1.77 bits per heavy atom. The molecule has 0 saturated carbocycles. The molecule has 0 aromatic heterocycles. The predicted molar refractivity (Wildman–Crippen MR) is 118 cm³/mol. The molecule has 0 spiro atoms. The van der Waals surface area contributed by atoms with Crippen LogP contribution in [0.1, 0.15) is 37.9 Å². The van der Waals surface area contributed by atoms with E-state index in [0.717, 1.165) is 11.1 Å². The minimum absolute atomic E-state index is 0.123. The number of ether oxygens (including phenoxy) is 3. The van der Waals surface area contributed by atoms with Crippen molar-refractivity contribution in [1.29, 1.82) is 0 Å². The monoisotopic (exact) mass is 427 g/mol. The molecular formula is C25H33NO5. The maximum atomic E-state index is 12.8. The molecule has 5 atom stereocenters. The van der Waals surface area contributed by atoms with Crippen LogP contribution in [0.3, 0.4) is 0 Å². The van der Waals surface area contributed by atoms with E-state index in [4.69, 9.17) is 14.2 Å². The van der Waals surface area contributed by atoms with E-state index in [1.165, 1.54) is 0 Å². The molecule has 0 bridgehead atoms. The number of nitrogens with zero attached hydrogens (tertiary/aromatic N) is 1. The molecule has 6 nitrogen and oxygen atoms in total. The molecule has 3 rings (SSSR count). The molecule has 1 amide bonds. The van der Waals surface area contributed by atoms with Gasteiger partial charge in [0, 0.05) is 11.8 Å². The van der Waals surface area contributed by atoms with Gasteiger partial charge in [-0.3, -0.25) is 4.90 Å². The molecule has 0 aliphatic carbocycles. The van der Waals surface area contributed by atoms with Crippen LogP contribution in [0.4, 0.5) is 4.79 Å². The van der Waals surface area contributed by atoms with Gasteiger partial charge in [0.2, 0.25) is 0 Å². The molecule has 6 heteroatoms. The fourth-order valence-electron chi connectivity index (χ4n) is 4.02. The fraction of sp³-hybridized carbons (Fsp3) is 0.480. The quantitative estimate of drug-likeness (QED) is 0.643. The number of carbonyl (C=O) groups is 1. The van der Waals surface area contributed by atoms with Gasteiger partial charge in [-0.1, -0.05) is 74.5 Å². The van der Waals surface area contributed by atoms with Crippen molar-refractivity contribution >= 4 is 6.09 Å². The first-order valence-electron chi connectivity index (χ1n) is 10.9. The zero-order chi connectivity index (χ0) is 22.2. The van der Waals surface area contributed by atoms with E-state index in [9.17, 15) is 9.90 Å². The van der Waals surface area contributed by atoms with Crippen molar-refractivity contribution in [3.8, 4) is 0 Å². The van der Waals surface area contributed by atoms with Gasteiger partial charge in [0.1, 0.15) is 6.23 Å². The third-order valence-electron chi connectivity index (χ3n) is 5.76. The molecule has 0 unspecified atom stereocenters. The highest BCUT2D eigenvalue weighted by molar-refractivity contribution is 5.69. The summed E-state index contributed by atoms with van der Waals surface area (Å²) in [6.45, 7) is 7.19. The summed E-state index contributed by atoms with van der Waals surface area (Å²) in [6, 6.07) is 19.5. The number of rotatable bonds is 9. The molecule has 1 saturated heterocycles. The Hall–Kier alpha value is -2.41. The topological polar surface area (TPSA) is 68.2 Å². The van der Waals surface area contributed by atoms with Crippen molar-refractivity contribution in [2.24, 2.45) is 11.8 Å². The number of aliphatic hydroxyl groups is 1. The fourth-order valence-corrected chi connectivity index (χ4v) is 4.02. The third-order valence-corrected chi connectivity index (χ3v) is 5.76. The summed E-state index contributed by atoms with van der Waals surface area (Å²) in [5.74, 6) is -0.435. The van der Waals surface area contributed by atoms with Crippen LogP contribution in [-0.4, -0.2) is 48.3 Å². The summed E-state index contributed by atoms with van der Waals surface area (Å²) in [6.07, 6.45) is -1.70. The molecule has 1 fully saturated rings. The van der Waals surface area contributed by atoms with Gasteiger partial charge in [0.25, 0.3) is 0 Å². The summed E-state index contributed by atoms with van der Waals surface area (Å²) in [5.41, 5.74) is 2.08. The van der Waals surface area contributed by atoms with E-state index in [-0.39, 0.29) is 24.5 Å². The average molecular weight is 428 g/mol. The lowest BCUT2D eigenvalue weighted by atomic mass is 9.92. The second-order valence-corrected chi connectivity index (χ2v) is 8.08. The van der Waals surface area contributed by atoms with E-state index in [1.807, 2.05) is 74.5 Å². The highest BCUT2D eigenvalue weighted by Gasteiger charge is 2.45. The van der Waals surface area contributed by atoms with Crippen molar-refractivity contribution in [2.45, 2.75) is 45.8 Å². The van der Waals surface area contributed by atoms with Gasteiger partial charge in [0.05, 0.1) is 38.6 Å². The van der Waals surface area contributed by atoms with E-state index >= 15 is 0 Å². The van der Waals surface area contributed by atoms with Gasteiger partial charge in [-0.25, -0.2) is 4.79 Å². The van der Waals surface area contributed by atoms with Crippen LogP contribution < -0.4 is 0 Å². The van der Waals surface area contributed by atoms with E-state index in [0.29, 0.717) is 19.8 Å². The van der Waals surface area contributed by atoms with Crippen LogP contribution in [0, 0.1) is 11.8 Å². The van der Waals surface area contributed by atoms with E-state index in [1.54, 1.807) is 11.8 Å². The van der Waals surface area contributed by atoms with E-state index in [2.05, 4.69) is 0 Å². The Labute approximate surface area is 184 Å². The first-order valence-corrected chi connectivity index (χ1v) is 10.9. The zero-order valence-corrected chi connectivity index (χ0v) is 18.5. The highest BCUT2D eigenvalue weighted by atomic mass is 16.6. The Balaban J connectivity index is 1.64. The Bertz CT molecular complexity index is 800. The Kier molecular flexibility index (Phi) is 8.46. The molecule has 1 N–H and O–H groups in total. The molecule has 31 heavy (non-hydrogen) atoms. The maximum absolute atomic E-state index is 12.8. The minimum Gasteiger partial charge on any atom is -0.450 e. The number of hydrogen-bond donors (Lipinski definition) is 1. The molecule has 2 aromatic carbocycles. The summed E-state index contributed by atoms with van der Waals surface area (Å²) in [4.78, 5) is 14.4. The average Bonchev–Trinajstić information content (AvgIpc) is 3.25. The van der Waals surface area contributed by atoms with Gasteiger partial charge in [-0.2, -0.15) is 0 Å². The SMILES string of the molecule is CCOC(=O)N1[C@@H]([C@@H](C)[C@@H](O)[C@@H](C)COCc2ccccc2)OC[C@H]1c1ccccc1. The molecule has 1 aliphatic rings. The van der Waals surface area contributed by atoms with Gasteiger partial charge in [-0.15, -0.1) is 0 Å². The second-order valence-electron chi connectivity index (χ2n) is 8.08. The first-order chi connectivity index (χ1) is 15.0. The number of hydrogen-bond acceptors (Lipinski definition) is 5. The second kappa shape index (κ2) is 11.3. The summed E-state index contributed by atoms with van der Waals surface area (Å²) in [7, 11) is 0. The minimum atomic E-state index is -0.702. The van der Waals surface area contributed by atoms with Gasteiger partial charge >= 0.3 is 6.09 Å².